The van der Waals surface area contributed by atoms with E-state index in [9.17, 15) is 0 Å². The minimum Gasteiger partial charge on any atom is -0.317 e. The molecule has 112 valence electrons. The Balaban J connectivity index is 1.53. The fourth-order valence-electron chi connectivity index (χ4n) is 3.40. The van der Waals surface area contributed by atoms with Crippen molar-refractivity contribution in [1.82, 2.24) is 29.4 Å². The minimum absolute atomic E-state index is 0.472. The largest absolute Gasteiger partial charge is 0.317 e. The fraction of sp³-hybridized carbons (Fsp3) is 0.667. The Labute approximate surface area is 124 Å². The third-order valence-electron chi connectivity index (χ3n) is 4.76. The van der Waals surface area contributed by atoms with Crippen molar-refractivity contribution in [2.45, 2.75) is 44.2 Å². The van der Waals surface area contributed by atoms with Crippen LogP contribution in [0.4, 0.5) is 0 Å². The molecule has 1 saturated heterocycles. The highest BCUT2D eigenvalue weighted by atomic mass is 15.3. The molecule has 0 spiro atoms. The summed E-state index contributed by atoms with van der Waals surface area (Å²) >= 11 is 0. The van der Waals surface area contributed by atoms with Crippen molar-refractivity contribution in [3.8, 4) is 0 Å². The van der Waals surface area contributed by atoms with Crippen molar-refractivity contribution < 1.29 is 0 Å². The van der Waals surface area contributed by atoms with Crippen molar-refractivity contribution in [2.75, 3.05) is 6.54 Å². The monoisotopic (exact) mass is 286 g/mol. The predicted octanol–water partition coefficient (Wildman–Crippen LogP) is 1.76. The van der Waals surface area contributed by atoms with Crippen LogP contribution in [0.25, 0.3) is 0 Å². The Morgan fingerprint density at radius 3 is 2.76 bits per heavy atom. The summed E-state index contributed by atoms with van der Waals surface area (Å²) in [4.78, 5) is 2.51. The molecule has 0 unspecified atom stereocenters. The Hall–Kier alpha value is -1.69. The van der Waals surface area contributed by atoms with Gasteiger partial charge in [-0.3, -0.25) is 9.58 Å². The third-order valence-corrected chi connectivity index (χ3v) is 4.76. The molecule has 6 nitrogen and oxygen atoms in total. The van der Waals surface area contributed by atoms with E-state index >= 15 is 0 Å². The van der Waals surface area contributed by atoms with Crippen LogP contribution in [0.1, 0.15) is 54.9 Å². The number of nitrogens with zero attached hydrogens (tertiary/aromatic N) is 6. The van der Waals surface area contributed by atoms with Gasteiger partial charge in [0.25, 0.3) is 0 Å². The van der Waals surface area contributed by atoms with E-state index in [1.54, 1.807) is 0 Å². The Morgan fingerprint density at radius 1 is 1.19 bits per heavy atom. The number of hydrogen-bond donors (Lipinski definition) is 0. The van der Waals surface area contributed by atoms with E-state index in [0.29, 0.717) is 12.0 Å². The van der Waals surface area contributed by atoms with Gasteiger partial charge in [-0.1, -0.05) is 0 Å². The lowest BCUT2D eigenvalue weighted by Gasteiger charge is -2.22. The molecule has 1 atom stereocenters. The van der Waals surface area contributed by atoms with Crippen LogP contribution >= 0.6 is 0 Å². The average molecular weight is 286 g/mol. The van der Waals surface area contributed by atoms with Gasteiger partial charge in [0.1, 0.15) is 11.6 Å². The van der Waals surface area contributed by atoms with Gasteiger partial charge in [0, 0.05) is 37.8 Å². The van der Waals surface area contributed by atoms with E-state index in [-0.39, 0.29) is 0 Å². The van der Waals surface area contributed by atoms with Gasteiger partial charge in [0.15, 0.2) is 0 Å². The molecular formula is C15H22N6. The van der Waals surface area contributed by atoms with Crippen molar-refractivity contribution in [3.63, 3.8) is 0 Å². The maximum absolute atomic E-state index is 4.42. The van der Waals surface area contributed by atoms with Gasteiger partial charge in [-0.15, -0.1) is 10.2 Å². The Morgan fingerprint density at radius 2 is 2.05 bits per heavy atom. The van der Waals surface area contributed by atoms with E-state index in [4.69, 9.17) is 0 Å². The van der Waals surface area contributed by atoms with Gasteiger partial charge in [0.2, 0.25) is 0 Å². The normalized spacial score (nSPS) is 23.0. The number of aromatic nitrogens is 5. The molecule has 2 aromatic heterocycles. The second-order valence-corrected chi connectivity index (χ2v) is 6.38. The summed E-state index contributed by atoms with van der Waals surface area (Å²) in [5.41, 5.74) is 1.32. The first kappa shape index (κ1) is 13.0. The standard InChI is InChI=1S/C15H22N6/c1-19-9-12(8-16-19)13-4-3-7-21(13)10-14-17-18-15(20(14)2)11-5-6-11/h8-9,11,13H,3-7,10H2,1-2H3/t13-/m0/s1. The highest BCUT2D eigenvalue weighted by Gasteiger charge is 2.31. The van der Waals surface area contributed by atoms with Crippen LogP contribution in [0, 0.1) is 0 Å². The average Bonchev–Trinajstić information content (AvgIpc) is 2.88. The third kappa shape index (κ3) is 2.37. The fourth-order valence-corrected chi connectivity index (χ4v) is 3.40. The lowest BCUT2D eigenvalue weighted by molar-refractivity contribution is 0.239. The first-order chi connectivity index (χ1) is 10.2. The quantitative estimate of drug-likeness (QED) is 0.859. The maximum Gasteiger partial charge on any atom is 0.146 e. The summed E-state index contributed by atoms with van der Waals surface area (Å²) in [7, 11) is 4.09. The lowest BCUT2D eigenvalue weighted by Crippen LogP contribution is -2.24. The molecule has 2 aromatic rings. The summed E-state index contributed by atoms with van der Waals surface area (Å²) in [6, 6.07) is 0.472. The zero-order chi connectivity index (χ0) is 14.4. The van der Waals surface area contributed by atoms with Crippen LogP contribution in [0.5, 0.6) is 0 Å². The molecule has 0 radical (unpaired) electrons. The van der Waals surface area contributed by atoms with Gasteiger partial charge in [-0.05, 0) is 32.2 Å². The zero-order valence-corrected chi connectivity index (χ0v) is 12.7. The van der Waals surface area contributed by atoms with E-state index in [1.807, 2.05) is 17.9 Å². The maximum atomic E-state index is 4.42. The van der Waals surface area contributed by atoms with Crippen LogP contribution in [0.2, 0.25) is 0 Å². The molecule has 1 aliphatic carbocycles. The highest BCUT2D eigenvalue weighted by molar-refractivity contribution is 5.13. The van der Waals surface area contributed by atoms with Crippen LogP contribution in [-0.2, 0) is 20.6 Å². The minimum atomic E-state index is 0.472. The van der Waals surface area contributed by atoms with Crippen molar-refractivity contribution in [2.24, 2.45) is 14.1 Å². The molecule has 21 heavy (non-hydrogen) atoms. The van der Waals surface area contributed by atoms with Crippen LogP contribution in [-0.4, -0.2) is 36.0 Å². The molecule has 2 aliphatic rings. The zero-order valence-electron chi connectivity index (χ0n) is 12.7. The van der Waals surface area contributed by atoms with Crippen molar-refractivity contribution in [3.05, 3.63) is 29.6 Å². The second-order valence-electron chi connectivity index (χ2n) is 6.38. The topological polar surface area (TPSA) is 51.8 Å². The van der Waals surface area contributed by atoms with Gasteiger partial charge in [0.05, 0.1) is 12.7 Å². The van der Waals surface area contributed by atoms with Crippen molar-refractivity contribution >= 4 is 0 Å². The van der Waals surface area contributed by atoms with Gasteiger partial charge < -0.3 is 4.57 Å². The SMILES string of the molecule is Cn1cc([C@@H]2CCCN2Cc2nnc(C3CC3)n2C)cn1. The predicted molar refractivity (Wildman–Crippen MR) is 78.6 cm³/mol. The number of hydrogen-bond acceptors (Lipinski definition) is 4. The summed E-state index contributed by atoms with van der Waals surface area (Å²) in [5, 5.41) is 13.1. The molecule has 1 saturated carbocycles. The van der Waals surface area contributed by atoms with Crippen LogP contribution in [0.15, 0.2) is 12.4 Å². The smallest absolute Gasteiger partial charge is 0.146 e. The summed E-state index contributed by atoms with van der Waals surface area (Å²) in [6.45, 7) is 2.01. The molecule has 6 heteroatoms. The Bertz CT molecular complexity index is 638. The number of aryl methyl sites for hydroxylation is 1. The molecule has 0 bridgehead atoms. The van der Waals surface area contributed by atoms with E-state index in [1.165, 1.54) is 37.1 Å². The van der Waals surface area contributed by atoms with Gasteiger partial charge in [-0.2, -0.15) is 5.10 Å². The van der Waals surface area contributed by atoms with Gasteiger partial charge in [-0.25, -0.2) is 0 Å². The van der Waals surface area contributed by atoms with Crippen LogP contribution < -0.4 is 0 Å². The summed E-state index contributed by atoms with van der Waals surface area (Å²) in [5.74, 6) is 2.92. The second kappa shape index (κ2) is 4.94. The molecule has 0 amide bonds. The summed E-state index contributed by atoms with van der Waals surface area (Å²) in [6.07, 6.45) is 9.12. The van der Waals surface area contributed by atoms with Crippen LogP contribution in [0.3, 0.4) is 0 Å². The van der Waals surface area contributed by atoms with E-state index < -0.39 is 0 Å². The van der Waals surface area contributed by atoms with Crippen molar-refractivity contribution in [1.29, 1.82) is 0 Å². The highest BCUT2D eigenvalue weighted by Crippen LogP contribution is 2.39. The first-order valence-corrected chi connectivity index (χ1v) is 7.83. The lowest BCUT2D eigenvalue weighted by atomic mass is 10.1. The van der Waals surface area contributed by atoms with Gasteiger partial charge >= 0.3 is 0 Å². The summed E-state index contributed by atoms with van der Waals surface area (Å²) < 4.78 is 4.09. The first-order valence-electron chi connectivity index (χ1n) is 7.83. The molecule has 3 heterocycles. The number of rotatable bonds is 4. The molecule has 1 aliphatic heterocycles. The number of likely N-dealkylation sites (tertiary alicyclic amines) is 1. The van der Waals surface area contributed by atoms with E-state index in [0.717, 1.165) is 18.9 Å². The molecule has 0 aromatic carbocycles. The molecule has 4 rings (SSSR count). The Kier molecular flexibility index (Phi) is 3.06. The molecular weight excluding hydrogens is 264 g/mol. The molecule has 0 N–H and O–H groups in total. The molecule has 2 fully saturated rings. The van der Waals surface area contributed by atoms with E-state index in [2.05, 4.69) is 38.0 Å².